The molecule has 2 saturated carbocycles. The summed E-state index contributed by atoms with van der Waals surface area (Å²) < 4.78 is 28.3. The molecule has 2 fully saturated rings. The van der Waals surface area contributed by atoms with E-state index >= 15 is 0 Å². The predicted molar refractivity (Wildman–Crippen MR) is 84.4 cm³/mol. The molecule has 0 aromatic carbocycles. The van der Waals surface area contributed by atoms with Crippen molar-refractivity contribution in [3.8, 4) is 0 Å². The van der Waals surface area contributed by atoms with Gasteiger partial charge in [0.15, 0.2) is 0 Å². The van der Waals surface area contributed by atoms with E-state index in [0.717, 1.165) is 17.8 Å². The van der Waals surface area contributed by atoms with Gasteiger partial charge in [-0.3, -0.25) is 0 Å². The number of thiophene rings is 1. The van der Waals surface area contributed by atoms with Crippen molar-refractivity contribution in [2.75, 3.05) is 0 Å². The molecule has 4 nitrogen and oxygen atoms in total. The molecule has 2 N–H and O–H groups in total. The molecular formula is C13H19BrN2O2S2. The van der Waals surface area contributed by atoms with E-state index in [4.69, 9.17) is 0 Å². The molecule has 2 aliphatic carbocycles. The first kappa shape index (κ1) is 15.0. The van der Waals surface area contributed by atoms with Crippen LogP contribution in [0.15, 0.2) is 14.7 Å². The van der Waals surface area contributed by atoms with Crippen LogP contribution in [0.1, 0.15) is 38.0 Å². The zero-order valence-electron chi connectivity index (χ0n) is 11.6. The van der Waals surface area contributed by atoms with Crippen LogP contribution in [0, 0.1) is 5.41 Å². The fourth-order valence-corrected chi connectivity index (χ4v) is 6.16. The van der Waals surface area contributed by atoms with Gasteiger partial charge in [0.2, 0.25) is 10.0 Å². The third kappa shape index (κ3) is 3.27. The Morgan fingerprint density at radius 3 is 2.65 bits per heavy atom. The maximum Gasteiger partial charge on any atom is 0.242 e. The monoisotopic (exact) mass is 378 g/mol. The van der Waals surface area contributed by atoms with Crippen molar-refractivity contribution in [3.05, 3.63) is 14.7 Å². The zero-order valence-corrected chi connectivity index (χ0v) is 14.8. The van der Waals surface area contributed by atoms with E-state index in [1.165, 1.54) is 24.2 Å². The van der Waals surface area contributed by atoms with Crippen molar-refractivity contribution in [2.24, 2.45) is 5.41 Å². The number of hydrogen-bond acceptors (Lipinski definition) is 4. The number of rotatable bonds is 6. The van der Waals surface area contributed by atoms with Crippen molar-refractivity contribution in [2.45, 2.75) is 56.6 Å². The Morgan fingerprint density at radius 2 is 2.10 bits per heavy atom. The first-order chi connectivity index (χ1) is 9.28. The summed E-state index contributed by atoms with van der Waals surface area (Å²) in [5.74, 6) is 0. The van der Waals surface area contributed by atoms with Gasteiger partial charge in [0, 0.05) is 23.5 Å². The molecule has 20 heavy (non-hydrogen) atoms. The molecular weight excluding hydrogens is 360 g/mol. The van der Waals surface area contributed by atoms with E-state index in [0.29, 0.717) is 14.7 Å². The van der Waals surface area contributed by atoms with Crippen molar-refractivity contribution in [3.63, 3.8) is 0 Å². The Morgan fingerprint density at radius 1 is 1.45 bits per heavy atom. The highest BCUT2D eigenvalue weighted by Crippen LogP contribution is 2.45. The minimum absolute atomic E-state index is 0.0624. The van der Waals surface area contributed by atoms with E-state index in [2.05, 4.69) is 39.8 Å². The van der Waals surface area contributed by atoms with Crippen LogP contribution in [0.3, 0.4) is 0 Å². The predicted octanol–water partition coefficient (Wildman–Crippen LogP) is 2.84. The maximum atomic E-state index is 12.4. The van der Waals surface area contributed by atoms with Crippen molar-refractivity contribution in [1.29, 1.82) is 0 Å². The van der Waals surface area contributed by atoms with Crippen LogP contribution in [-0.4, -0.2) is 20.5 Å². The summed E-state index contributed by atoms with van der Waals surface area (Å²) in [6.45, 7) is 4.90. The Kier molecular flexibility index (Phi) is 3.78. The molecule has 0 amide bonds. The van der Waals surface area contributed by atoms with Crippen LogP contribution >= 0.6 is 27.3 Å². The number of halogens is 1. The van der Waals surface area contributed by atoms with Crippen LogP contribution in [-0.2, 0) is 16.6 Å². The Labute approximate surface area is 132 Å². The molecule has 7 heteroatoms. The Balaban J connectivity index is 1.71. The van der Waals surface area contributed by atoms with Crippen LogP contribution in [0.25, 0.3) is 0 Å². The summed E-state index contributed by atoms with van der Waals surface area (Å²) in [5, 5.41) is 3.41. The van der Waals surface area contributed by atoms with E-state index in [9.17, 15) is 8.42 Å². The van der Waals surface area contributed by atoms with Gasteiger partial charge >= 0.3 is 0 Å². The van der Waals surface area contributed by atoms with E-state index in [-0.39, 0.29) is 11.5 Å². The molecule has 0 bridgehead atoms. The molecule has 1 heterocycles. The Bertz CT molecular complexity index is 620. The third-order valence-corrected chi connectivity index (χ3v) is 7.67. The van der Waals surface area contributed by atoms with Gasteiger partial charge in [-0.2, -0.15) is 0 Å². The Hall–Kier alpha value is 0.0500. The van der Waals surface area contributed by atoms with E-state index in [1.807, 2.05) is 0 Å². The molecule has 1 aromatic heterocycles. The first-order valence-electron chi connectivity index (χ1n) is 6.82. The summed E-state index contributed by atoms with van der Waals surface area (Å²) >= 11 is 4.88. The van der Waals surface area contributed by atoms with Crippen LogP contribution in [0.2, 0.25) is 0 Å². The van der Waals surface area contributed by atoms with Gasteiger partial charge in [-0.15, -0.1) is 11.3 Å². The lowest BCUT2D eigenvalue weighted by atomic mass is 10.2. The topological polar surface area (TPSA) is 58.2 Å². The second-order valence-corrected chi connectivity index (χ2v) is 10.5. The molecule has 3 rings (SSSR count). The highest BCUT2D eigenvalue weighted by Gasteiger charge is 2.48. The molecule has 0 radical (unpaired) electrons. The van der Waals surface area contributed by atoms with E-state index < -0.39 is 10.0 Å². The molecule has 112 valence electrons. The standard InChI is InChI=1S/C13H19BrN2O2S2/c1-13(2)6-11(13)16-20(17,18)10-5-9(19-12(10)14)7-15-8-3-4-8/h5,8,11,15-16H,3-4,6-7H2,1-2H3. The average molecular weight is 379 g/mol. The van der Waals surface area contributed by atoms with Gasteiger partial charge in [0.05, 0.1) is 3.79 Å². The lowest BCUT2D eigenvalue weighted by Crippen LogP contribution is -2.28. The van der Waals surface area contributed by atoms with Gasteiger partial charge in [-0.1, -0.05) is 13.8 Å². The van der Waals surface area contributed by atoms with Crippen LogP contribution in [0.5, 0.6) is 0 Å². The smallest absolute Gasteiger partial charge is 0.242 e. The summed E-state index contributed by atoms with van der Waals surface area (Å²) in [4.78, 5) is 1.43. The zero-order chi connectivity index (χ0) is 14.5. The van der Waals surface area contributed by atoms with Crippen LogP contribution < -0.4 is 10.0 Å². The van der Waals surface area contributed by atoms with Crippen molar-refractivity contribution >= 4 is 37.3 Å². The molecule has 1 aromatic rings. The van der Waals surface area contributed by atoms with E-state index in [1.54, 1.807) is 6.07 Å². The SMILES string of the molecule is CC1(C)CC1NS(=O)(=O)c1cc(CNC2CC2)sc1Br. The fraction of sp³-hybridized carbons (Fsp3) is 0.692. The number of nitrogens with one attached hydrogen (secondary N) is 2. The van der Waals surface area contributed by atoms with Gasteiger partial charge in [0.25, 0.3) is 0 Å². The highest BCUT2D eigenvalue weighted by atomic mass is 79.9. The molecule has 1 unspecified atom stereocenters. The minimum atomic E-state index is -3.42. The first-order valence-corrected chi connectivity index (χ1v) is 9.91. The second-order valence-electron chi connectivity index (χ2n) is 6.37. The average Bonchev–Trinajstić information content (AvgIpc) is 3.20. The quantitative estimate of drug-likeness (QED) is 0.799. The molecule has 0 aliphatic heterocycles. The van der Waals surface area contributed by atoms with Crippen molar-refractivity contribution < 1.29 is 8.42 Å². The second kappa shape index (κ2) is 5.05. The highest BCUT2D eigenvalue weighted by molar-refractivity contribution is 9.11. The van der Waals surface area contributed by atoms with Gasteiger partial charge in [-0.05, 0) is 46.7 Å². The van der Waals surface area contributed by atoms with Gasteiger partial charge in [-0.25, -0.2) is 13.1 Å². The normalized spacial score (nSPS) is 24.9. The number of hydrogen-bond donors (Lipinski definition) is 2. The maximum absolute atomic E-state index is 12.4. The summed E-state index contributed by atoms with van der Waals surface area (Å²) in [6, 6.07) is 2.47. The molecule has 0 saturated heterocycles. The lowest BCUT2D eigenvalue weighted by molar-refractivity contribution is 0.555. The van der Waals surface area contributed by atoms with Gasteiger partial charge in [0.1, 0.15) is 4.90 Å². The minimum Gasteiger partial charge on any atom is -0.309 e. The van der Waals surface area contributed by atoms with Crippen LogP contribution in [0.4, 0.5) is 0 Å². The summed E-state index contributed by atoms with van der Waals surface area (Å²) in [6.07, 6.45) is 3.37. The molecule has 0 spiro atoms. The fourth-order valence-electron chi connectivity index (χ4n) is 2.12. The van der Waals surface area contributed by atoms with Gasteiger partial charge < -0.3 is 5.32 Å². The lowest BCUT2D eigenvalue weighted by Gasteiger charge is -2.07. The molecule has 1 atom stereocenters. The number of sulfonamides is 1. The van der Waals surface area contributed by atoms with Crippen molar-refractivity contribution in [1.82, 2.24) is 10.0 Å². The largest absolute Gasteiger partial charge is 0.309 e. The summed E-state index contributed by atoms with van der Waals surface area (Å²) in [5.41, 5.74) is 0.0892. The molecule has 2 aliphatic rings. The summed E-state index contributed by atoms with van der Waals surface area (Å²) in [7, 11) is -3.42. The third-order valence-electron chi connectivity index (χ3n) is 3.95.